The van der Waals surface area contributed by atoms with Crippen LogP contribution in [-0.4, -0.2) is 46.9 Å². The van der Waals surface area contributed by atoms with E-state index in [4.69, 9.17) is 4.74 Å². The molecule has 0 bridgehead atoms. The first kappa shape index (κ1) is 64.9. The van der Waals surface area contributed by atoms with E-state index in [0.717, 1.165) is 38.5 Å². The molecule has 0 aromatic carbocycles. The molecule has 394 valence electrons. The molecule has 6 nitrogen and oxygen atoms in total. The molecule has 66 heavy (non-hydrogen) atoms. The number of aliphatic hydroxyl groups excluding tert-OH is 2. The van der Waals surface area contributed by atoms with Gasteiger partial charge in [0.25, 0.3) is 0 Å². The highest BCUT2D eigenvalue weighted by molar-refractivity contribution is 5.77. The van der Waals surface area contributed by atoms with Gasteiger partial charge in [-0.3, -0.25) is 9.59 Å². The molecular weight excluding hydrogens is 815 g/mol. The van der Waals surface area contributed by atoms with Crippen LogP contribution in [0.3, 0.4) is 0 Å². The number of esters is 1. The highest BCUT2D eigenvalue weighted by Crippen LogP contribution is 2.20. The second kappa shape index (κ2) is 54.8. The van der Waals surface area contributed by atoms with Crippen LogP contribution in [0.2, 0.25) is 0 Å². The summed E-state index contributed by atoms with van der Waals surface area (Å²) in [6, 6.07) is -0.693. The van der Waals surface area contributed by atoms with Crippen LogP contribution in [0.4, 0.5) is 0 Å². The summed E-state index contributed by atoms with van der Waals surface area (Å²) >= 11 is 0. The van der Waals surface area contributed by atoms with Crippen LogP contribution in [0.5, 0.6) is 0 Å². The zero-order valence-electron chi connectivity index (χ0n) is 45.1. The number of ether oxygens (including phenoxy) is 1. The summed E-state index contributed by atoms with van der Waals surface area (Å²) in [6.07, 6.45) is 61.7. The van der Waals surface area contributed by atoms with Crippen molar-refractivity contribution in [2.45, 2.75) is 366 Å². The lowest BCUT2D eigenvalue weighted by atomic mass is 10.0. The lowest BCUT2D eigenvalue weighted by molar-refractivity contribution is -0.151. The van der Waals surface area contributed by atoms with Gasteiger partial charge in [-0.05, 0) is 25.7 Å². The van der Waals surface area contributed by atoms with Crippen molar-refractivity contribution in [1.82, 2.24) is 5.32 Å². The predicted molar refractivity (Wildman–Crippen MR) is 287 cm³/mol. The van der Waals surface area contributed by atoms with E-state index in [0.29, 0.717) is 19.3 Å². The minimum atomic E-state index is -0.780. The van der Waals surface area contributed by atoms with Gasteiger partial charge in [0.2, 0.25) is 5.91 Å². The van der Waals surface area contributed by atoms with Crippen LogP contribution < -0.4 is 5.32 Å². The number of aliphatic hydroxyl groups is 2. The van der Waals surface area contributed by atoms with Crippen LogP contribution in [0.15, 0.2) is 0 Å². The van der Waals surface area contributed by atoms with E-state index in [2.05, 4.69) is 26.1 Å². The van der Waals surface area contributed by atoms with Crippen molar-refractivity contribution in [2.24, 2.45) is 0 Å². The fourth-order valence-corrected chi connectivity index (χ4v) is 9.85. The van der Waals surface area contributed by atoms with Crippen LogP contribution >= 0.6 is 0 Å². The Labute approximate surface area is 413 Å². The molecule has 1 amide bonds. The fourth-order valence-electron chi connectivity index (χ4n) is 9.85. The molecule has 3 unspecified atom stereocenters. The first-order valence-corrected chi connectivity index (χ1v) is 30.3. The first-order chi connectivity index (χ1) is 32.5. The van der Waals surface area contributed by atoms with Crippen molar-refractivity contribution < 1.29 is 24.5 Å². The van der Waals surface area contributed by atoms with E-state index in [1.165, 1.54) is 263 Å². The maximum absolute atomic E-state index is 13.3. The van der Waals surface area contributed by atoms with Gasteiger partial charge in [-0.2, -0.15) is 0 Å². The van der Waals surface area contributed by atoms with Crippen molar-refractivity contribution in [3.63, 3.8) is 0 Å². The van der Waals surface area contributed by atoms with E-state index in [9.17, 15) is 19.8 Å². The molecule has 0 aliphatic heterocycles. The van der Waals surface area contributed by atoms with E-state index < -0.39 is 18.2 Å². The molecule has 0 aliphatic carbocycles. The molecule has 0 heterocycles. The molecule has 0 fully saturated rings. The standard InChI is InChI=1S/C60H119NO5/c1-4-7-10-13-16-19-22-25-28-30-32-35-38-41-44-47-50-53-60(65)66-56(51-48-45-42-39-36-33-31-29-26-23-20-17-14-11-8-5-2)54-59(64)61-57(55-62)58(63)52-49-46-43-40-37-34-27-24-21-18-15-12-9-6-3/h56-58,62-63H,4-55H2,1-3H3,(H,61,64). The average Bonchev–Trinajstić information content (AvgIpc) is 3.31. The van der Waals surface area contributed by atoms with Gasteiger partial charge in [0.15, 0.2) is 0 Å². The Hall–Kier alpha value is -1.14. The molecule has 0 saturated carbocycles. The molecule has 3 atom stereocenters. The number of carbonyl (C=O) groups is 2. The number of unbranched alkanes of at least 4 members (excludes halogenated alkanes) is 44. The highest BCUT2D eigenvalue weighted by Gasteiger charge is 2.24. The van der Waals surface area contributed by atoms with Crippen molar-refractivity contribution >= 4 is 11.9 Å². The monoisotopic (exact) mass is 934 g/mol. The summed E-state index contributed by atoms with van der Waals surface area (Å²) < 4.78 is 5.98. The van der Waals surface area contributed by atoms with Crippen LogP contribution in [0, 0.1) is 0 Å². The summed E-state index contributed by atoms with van der Waals surface area (Å²) in [7, 11) is 0. The summed E-state index contributed by atoms with van der Waals surface area (Å²) in [5.41, 5.74) is 0. The van der Waals surface area contributed by atoms with E-state index in [1.54, 1.807) is 0 Å². The van der Waals surface area contributed by atoms with E-state index >= 15 is 0 Å². The molecule has 0 radical (unpaired) electrons. The zero-order chi connectivity index (χ0) is 48.1. The van der Waals surface area contributed by atoms with Gasteiger partial charge in [0.05, 0.1) is 25.2 Å². The normalized spacial score (nSPS) is 13.0. The Morgan fingerprint density at radius 2 is 0.636 bits per heavy atom. The molecule has 0 aliphatic rings. The number of carbonyl (C=O) groups excluding carboxylic acids is 2. The third-order valence-corrected chi connectivity index (χ3v) is 14.4. The first-order valence-electron chi connectivity index (χ1n) is 30.3. The van der Waals surface area contributed by atoms with Crippen molar-refractivity contribution in [1.29, 1.82) is 0 Å². The molecule has 3 N–H and O–H groups in total. The van der Waals surface area contributed by atoms with Gasteiger partial charge in [-0.25, -0.2) is 0 Å². The van der Waals surface area contributed by atoms with Gasteiger partial charge in [-0.1, -0.05) is 310 Å². The number of rotatable bonds is 56. The minimum Gasteiger partial charge on any atom is -0.462 e. The van der Waals surface area contributed by atoms with Crippen molar-refractivity contribution in [2.75, 3.05) is 6.61 Å². The predicted octanol–water partition coefficient (Wildman–Crippen LogP) is 18.7. The molecule has 6 heteroatoms. The third-order valence-electron chi connectivity index (χ3n) is 14.4. The zero-order valence-corrected chi connectivity index (χ0v) is 45.1. The van der Waals surface area contributed by atoms with Crippen LogP contribution in [-0.2, 0) is 14.3 Å². The maximum Gasteiger partial charge on any atom is 0.306 e. The molecular formula is C60H119NO5. The minimum absolute atomic E-state index is 0.0889. The third kappa shape index (κ3) is 49.3. The lowest BCUT2D eigenvalue weighted by Gasteiger charge is -2.24. The Bertz CT molecular complexity index is 959. The molecule has 0 spiro atoms. The highest BCUT2D eigenvalue weighted by atomic mass is 16.5. The Balaban J connectivity index is 4.48. The van der Waals surface area contributed by atoms with Gasteiger partial charge in [0.1, 0.15) is 6.10 Å². The second-order valence-corrected chi connectivity index (χ2v) is 21.1. The average molecular weight is 935 g/mol. The van der Waals surface area contributed by atoms with Gasteiger partial charge < -0.3 is 20.3 Å². The number of nitrogens with one attached hydrogen (secondary N) is 1. The Kier molecular flexibility index (Phi) is 53.8. The number of hydrogen-bond donors (Lipinski definition) is 3. The Morgan fingerprint density at radius 3 is 0.924 bits per heavy atom. The van der Waals surface area contributed by atoms with Gasteiger partial charge in [-0.15, -0.1) is 0 Å². The van der Waals surface area contributed by atoms with E-state index in [-0.39, 0.29) is 24.9 Å². The van der Waals surface area contributed by atoms with Crippen molar-refractivity contribution in [3.8, 4) is 0 Å². The van der Waals surface area contributed by atoms with Crippen LogP contribution in [0.25, 0.3) is 0 Å². The maximum atomic E-state index is 13.3. The number of hydrogen-bond acceptors (Lipinski definition) is 5. The SMILES string of the molecule is CCCCCCCCCCCCCCCCCCCC(=O)OC(CCCCCCCCCCCCCCCCCC)CC(=O)NC(CO)C(O)CCCCCCCCCCCCCCCC. The largest absolute Gasteiger partial charge is 0.462 e. The Morgan fingerprint density at radius 1 is 0.379 bits per heavy atom. The van der Waals surface area contributed by atoms with Gasteiger partial charge in [0, 0.05) is 6.42 Å². The summed E-state index contributed by atoms with van der Waals surface area (Å²) in [6.45, 7) is 6.55. The summed E-state index contributed by atoms with van der Waals surface area (Å²) in [5, 5.41) is 23.9. The van der Waals surface area contributed by atoms with Gasteiger partial charge >= 0.3 is 5.97 Å². The molecule has 0 aromatic heterocycles. The second-order valence-electron chi connectivity index (χ2n) is 21.1. The molecule has 0 aromatic rings. The summed E-state index contributed by atoms with van der Waals surface area (Å²) in [5.74, 6) is -0.442. The summed E-state index contributed by atoms with van der Waals surface area (Å²) in [4.78, 5) is 26.3. The lowest BCUT2D eigenvalue weighted by Crippen LogP contribution is -2.46. The van der Waals surface area contributed by atoms with Crippen molar-refractivity contribution in [3.05, 3.63) is 0 Å². The quantitative estimate of drug-likeness (QED) is 0.0417. The fraction of sp³-hybridized carbons (Fsp3) is 0.967. The van der Waals surface area contributed by atoms with E-state index in [1.807, 2.05) is 0 Å². The van der Waals surface area contributed by atoms with Crippen LogP contribution in [0.1, 0.15) is 348 Å². The molecule has 0 saturated heterocycles. The number of amides is 1. The topological polar surface area (TPSA) is 95.9 Å². The smallest absolute Gasteiger partial charge is 0.306 e. The molecule has 0 rings (SSSR count).